The van der Waals surface area contributed by atoms with Crippen molar-refractivity contribution in [1.82, 2.24) is 0 Å². The molecule has 0 heterocycles. The first-order valence-corrected chi connectivity index (χ1v) is 18.8. The summed E-state index contributed by atoms with van der Waals surface area (Å²) in [6.07, 6.45) is 1.29. The summed E-state index contributed by atoms with van der Waals surface area (Å²) in [4.78, 5) is 14.4. The van der Waals surface area contributed by atoms with Crippen molar-refractivity contribution in [3.05, 3.63) is 137 Å². The molecule has 5 rings (SSSR count). The quantitative estimate of drug-likeness (QED) is 0.123. The molecule has 52 heavy (non-hydrogen) atoms. The topological polar surface area (TPSA) is 131 Å². The lowest BCUT2D eigenvalue weighted by Gasteiger charge is -2.32. The Kier molecular flexibility index (Phi) is 10.9. The van der Waals surface area contributed by atoms with Crippen LogP contribution in [0.4, 0.5) is 8.78 Å². The highest BCUT2D eigenvalue weighted by atomic mass is 32.3. The summed E-state index contributed by atoms with van der Waals surface area (Å²) in [6, 6.07) is 27.4. The van der Waals surface area contributed by atoms with Gasteiger partial charge in [-0.05, 0) is 102 Å². The second kappa shape index (κ2) is 15.0. The standard InChI is InChI=1S/C42H38F2N2O5S/c1-26(2)11-12-29-21-30(14-20-41(29)51-31-15-17-32(18-16-31)52(48,49,50)25-27(3)4)42(47)36-22-28(33-7-5-9-39(43)37(33)23-45)13-19-35(36)34-8-6-10-40(44)38(34)24-46/h5-10,13-22,26-27H,11-12,25H2,1-4H3,(H2,48,49,50). The van der Waals surface area contributed by atoms with Crippen LogP contribution in [-0.4, -0.2) is 24.9 Å². The van der Waals surface area contributed by atoms with Gasteiger partial charge in [-0.1, -0.05) is 64.1 Å². The smallest absolute Gasteiger partial charge is 0.193 e. The van der Waals surface area contributed by atoms with E-state index in [-0.39, 0.29) is 55.5 Å². The van der Waals surface area contributed by atoms with Gasteiger partial charge < -0.3 is 13.8 Å². The number of aryl methyl sites for hydroxylation is 1. The lowest BCUT2D eigenvalue weighted by Crippen LogP contribution is -2.37. The van der Waals surface area contributed by atoms with Gasteiger partial charge in [-0.15, -0.1) is 0 Å². The number of benzene rings is 5. The summed E-state index contributed by atoms with van der Waals surface area (Å²) in [5.74, 6) is -1.36. The van der Waals surface area contributed by atoms with Crippen molar-refractivity contribution in [1.29, 1.82) is 10.5 Å². The molecule has 2 N–H and O–H groups in total. The molecule has 5 aromatic rings. The van der Waals surface area contributed by atoms with Gasteiger partial charge >= 0.3 is 0 Å². The van der Waals surface area contributed by atoms with Crippen molar-refractivity contribution < 1.29 is 31.6 Å². The van der Waals surface area contributed by atoms with E-state index >= 15 is 0 Å². The van der Waals surface area contributed by atoms with E-state index in [1.807, 2.05) is 12.1 Å². The van der Waals surface area contributed by atoms with E-state index < -0.39 is 27.0 Å². The molecule has 0 saturated carbocycles. The number of halogens is 2. The summed E-state index contributed by atoms with van der Waals surface area (Å²) >= 11 is 0. The number of carbonyl (C=O) groups is 1. The highest BCUT2D eigenvalue weighted by Gasteiger charge is 2.33. The number of nitriles is 2. The predicted octanol–water partition coefficient (Wildman–Crippen LogP) is 10.4. The first-order valence-electron chi connectivity index (χ1n) is 16.7. The van der Waals surface area contributed by atoms with E-state index in [9.17, 15) is 37.4 Å². The summed E-state index contributed by atoms with van der Waals surface area (Å²) < 4.78 is 69.8. The van der Waals surface area contributed by atoms with E-state index in [1.54, 1.807) is 56.3 Å². The van der Waals surface area contributed by atoms with Crippen LogP contribution in [0.15, 0.2) is 102 Å². The summed E-state index contributed by atoms with van der Waals surface area (Å²) in [6.45, 7) is 7.60. The molecule has 0 aromatic heterocycles. The molecule has 7 nitrogen and oxygen atoms in total. The minimum Gasteiger partial charge on any atom is -0.457 e. The summed E-state index contributed by atoms with van der Waals surface area (Å²) in [7, 11) is -5.04. The van der Waals surface area contributed by atoms with Crippen LogP contribution in [0.1, 0.15) is 66.7 Å². The van der Waals surface area contributed by atoms with Gasteiger partial charge in [-0.2, -0.15) is 10.5 Å². The molecule has 0 fully saturated rings. The predicted molar refractivity (Wildman–Crippen MR) is 198 cm³/mol. The Morgan fingerprint density at radius 3 is 1.98 bits per heavy atom. The van der Waals surface area contributed by atoms with Crippen molar-refractivity contribution in [3.63, 3.8) is 0 Å². The van der Waals surface area contributed by atoms with Gasteiger partial charge in [0.05, 0.1) is 21.8 Å². The van der Waals surface area contributed by atoms with E-state index in [1.165, 1.54) is 48.5 Å². The number of ketones is 1. The minimum atomic E-state index is -5.04. The molecule has 0 spiro atoms. The normalized spacial score (nSPS) is 12.2. The maximum Gasteiger partial charge on any atom is 0.193 e. The van der Waals surface area contributed by atoms with Crippen molar-refractivity contribution in [2.24, 2.45) is 11.8 Å². The van der Waals surface area contributed by atoms with Crippen molar-refractivity contribution in [2.75, 3.05) is 5.75 Å². The van der Waals surface area contributed by atoms with Gasteiger partial charge in [-0.25, -0.2) is 13.0 Å². The zero-order chi connectivity index (χ0) is 37.8. The third-order valence-electron chi connectivity index (χ3n) is 8.59. The van der Waals surface area contributed by atoms with Crippen LogP contribution >= 0.6 is 0 Å². The SMILES string of the molecule is CC(C)CCc1cc(C(=O)c2cc(-c3cccc(F)c3C#N)ccc2-c2cccc(F)c2C#N)ccc1Oc1ccc(S(=O)(O)(O)CC(C)C)cc1. The Balaban J connectivity index is 1.60. The maximum absolute atomic E-state index is 14.8. The number of rotatable bonds is 12. The van der Waals surface area contributed by atoms with Gasteiger partial charge in [-0.3, -0.25) is 4.79 Å². The highest BCUT2D eigenvalue weighted by Crippen LogP contribution is 2.37. The van der Waals surface area contributed by atoms with Crippen LogP contribution in [0.2, 0.25) is 0 Å². The monoisotopic (exact) mass is 720 g/mol. The molecule has 0 aliphatic carbocycles. The average molecular weight is 721 g/mol. The molecule has 266 valence electrons. The molecule has 0 aliphatic heterocycles. The third-order valence-corrected chi connectivity index (χ3v) is 11.1. The number of hydrogen-bond donors (Lipinski definition) is 2. The Labute approximate surface area is 302 Å². The molecule has 0 saturated heterocycles. The molecule has 0 radical (unpaired) electrons. The molecule has 5 aromatic carbocycles. The molecule has 0 aliphatic rings. The lowest BCUT2D eigenvalue weighted by atomic mass is 9.87. The van der Waals surface area contributed by atoms with E-state index in [0.29, 0.717) is 35.0 Å². The van der Waals surface area contributed by atoms with Crippen molar-refractivity contribution in [3.8, 4) is 45.9 Å². The number of hydrogen-bond acceptors (Lipinski definition) is 5. The first-order chi connectivity index (χ1) is 24.6. The second-order valence-corrected chi connectivity index (χ2v) is 16.4. The molecule has 0 atom stereocenters. The van der Waals surface area contributed by atoms with Crippen molar-refractivity contribution in [2.45, 2.75) is 45.4 Å². The zero-order valence-electron chi connectivity index (χ0n) is 29.2. The number of ether oxygens (including phenoxy) is 1. The Morgan fingerprint density at radius 1 is 0.769 bits per heavy atom. The van der Waals surface area contributed by atoms with Gasteiger partial charge in [0.2, 0.25) is 0 Å². The van der Waals surface area contributed by atoms with Crippen molar-refractivity contribution >= 4 is 15.4 Å². The second-order valence-electron chi connectivity index (χ2n) is 13.5. The average Bonchev–Trinajstić information content (AvgIpc) is 3.09. The lowest BCUT2D eigenvalue weighted by molar-refractivity contribution is 0.103. The first kappa shape index (κ1) is 37.7. The fourth-order valence-corrected chi connectivity index (χ4v) is 8.17. The minimum absolute atomic E-state index is 0.111. The largest absolute Gasteiger partial charge is 0.457 e. The fourth-order valence-electron chi connectivity index (χ4n) is 6.10. The molecule has 10 heteroatoms. The molecular formula is C42H38F2N2O5S. The molecule has 0 bridgehead atoms. The third kappa shape index (κ3) is 8.17. The fraction of sp³-hybridized carbons (Fsp3) is 0.214. The van der Waals surface area contributed by atoms with Crippen LogP contribution < -0.4 is 4.74 Å². The van der Waals surface area contributed by atoms with Crippen LogP contribution in [-0.2, 0) is 16.0 Å². The van der Waals surface area contributed by atoms with E-state index in [4.69, 9.17) is 4.74 Å². The highest BCUT2D eigenvalue weighted by molar-refractivity contribution is 8.10. The van der Waals surface area contributed by atoms with E-state index in [0.717, 1.165) is 12.5 Å². The van der Waals surface area contributed by atoms with Crippen LogP contribution in [0.3, 0.4) is 0 Å². The Hall–Kier alpha value is -5.52. The zero-order valence-corrected chi connectivity index (χ0v) is 30.0. The van der Waals surface area contributed by atoms with Gasteiger partial charge in [0.25, 0.3) is 0 Å². The van der Waals surface area contributed by atoms with E-state index in [2.05, 4.69) is 13.8 Å². The maximum atomic E-state index is 14.8. The van der Waals surface area contributed by atoms with Crippen LogP contribution in [0.5, 0.6) is 11.5 Å². The Morgan fingerprint density at radius 2 is 1.38 bits per heavy atom. The molecule has 0 unspecified atom stereocenters. The molecular weight excluding hydrogens is 683 g/mol. The molecule has 0 amide bonds. The summed E-state index contributed by atoms with van der Waals surface area (Å²) in [5.41, 5.74) is 1.78. The van der Waals surface area contributed by atoms with Crippen LogP contribution in [0, 0.1) is 46.1 Å². The summed E-state index contributed by atoms with van der Waals surface area (Å²) in [5, 5.41) is 19.5. The number of nitrogens with zero attached hydrogens (tertiary/aromatic N) is 2. The van der Waals surface area contributed by atoms with Gasteiger partial charge in [0.1, 0.15) is 44.9 Å². The number of carbonyl (C=O) groups excluding carboxylic acids is 1. The van der Waals surface area contributed by atoms with Gasteiger partial charge in [0.15, 0.2) is 5.78 Å². The Bertz CT molecular complexity index is 2320. The van der Waals surface area contributed by atoms with Crippen LogP contribution in [0.25, 0.3) is 22.3 Å². The van der Waals surface area contributed by atoms with Gasteiger partial charge in [0, 0.05) is 22.3 Å².